The second-order valence-corrected chi connectivity index (χ2v) is 4.04. The molecule has 83 valence electrons. The molecule has 3 rings (SSSR count). The summed E-state index contributed by atoms with van der Waals surface area (Å²) in [6.45, 7) is 1.81. The first-order valence-corrected chi connectivity index (χ1v) is 5.47. The van der Waals surface area contributed by atoms with Crippen molar-refractivity contribution in [2.45, 2.75) is 6.92 Å². The molecule has 0 amide bonds. The standard InChI is InChI=1S/C14H11N2O/c1-9-12(17)8-7-11-13(9)16-14(15-11)10-5-3-2-4-6-10/h2-8H,1H3,(H,15,16). The van der Waals surface area contributed by atoms with Gasteiger partial charge in [0.15, 0.2) is 5.75 Å². The number of aryl methyl sites for hydroxylation is 1. The van der Waals surface area contributed by atoms with Crippen molar-refractivity contribution in [2.75, 3.05) is 0 Å². The Morgan fingerprint density at radius 3 is 2.59 bits per heavy atom. The maximum absolute atomic E-state index is 11.5. The van der Waals surface area contributed by atoms with Crippen molar-refractivity contribution in [1.29, 1.82) is 0 Å². The smallest absolute Gasteiger partial charge is 0.183 e. The number of benzene rings is 2. The third kappa shape index (κ3) is 1.56. The zero-order chi connectivity index (χ0) is 11.8. The fourth-order valence-electron chi connectivity index (χ4n) is 1.93. The van der Waals surface area contributed by atoms with Crippen LogP contribution in [0.5, 0.6) is 5.75 Å². The lowest BCUT2D eigenvalue weighted by atomic mass is 10.2. The first-order valence-electron chi connectivity index (χ1n) is 5.47. The van der Waals surface area contributed by atoms with Gasteiger partial charge in [0.25, 0.3) is 0 Å². The first kappa shape index (κ1) is 9.90. The van der Waals surface area contributed by atoms with Crippen LogP contribution in [0.1, 0.15) is 5.56 Å². The molecule has 0 aliphatic heterocycles. The maximum atomic E-state index is 11.5. The number of fused-ring (bicyclic) bond motifs is 1. The summed E-state index contributed by atoms with van der Waals surface area (Å²) >= 11 is 0. The zero-order valence-electron chi connectivity index (χ0n) is 9.40. The Balaban J connectivity index is 2.24. The lowest BCUT2D eigenvalue weighted by molar-refractivity contribution is 0.352. The molecular formula is C14H11N2O. The minimum Gasteiger partial charge on any atom is -0.338 e. The van der Waals surface area contributed by atoms with Crippen LogP contribution in [-0.2, 0) is 5.11 Å². The molecule has 17 heavy (non-hydrogen) atoms. The minimum absolute atomic E-state index is 0.0311. The summed E-state index contributed by atoms with van der Waals surface area (Å²) in [6, 6.07) is 13.2. The lowest BCUT2D eigenvalue weighted by Crippen LogP contribution is -1.78. The molecule has 3 heteroatoms. The van der Waals surface area contributed by atoms with Crippen LogP contribution in [0.15, 0.2) is 42.5 Å². The van der Waals surface area contributed by atoms with E-state index in [2.05, 4.69) is 9.97 Å². The number of H-pyrrole nitrogens is 1. The van der Waals surface area contributed by atoms with Crippen molar-refractivity contribution in [3.63, 3.8) is 0 Å². The van der Waals surface area contributed by atoms with E-state index in [1.54, 1.807) is 19.1 Å². The van der Waals surface area contributed by atoms with Crippen molar-refractivity contribution in [2.24, 2.45) is 0 Å². The molecule has 1 radical (unpaired) electrons. The molecule has 0 unspecified atom stereocenters. The number of hydrogen-bond acceptors (Lipinski definition) is 1. The Labute approximate surface area is 98.8 Å². The van der Waals surface area contributed by atoms with E-state index >= 15 is 0 Å². The molecule has 3 nitrogen and oxygen atoms in total. The number of rotatable bonds is 1. The van der Waals surface area contributed by atoms with Gasteiger partial charge < -0.3 is 4.98 Å². The highest BCUT2D eigenvalue weighted by molar-refractivity contribution is 5.84. The first-order chi connectivity index (χ1) is 8.25. The van der Waals surface area contributed by atoms with Crippen molar-refractivity contribution >= 4 is 11.0 Å². The third-order valence-corrected chi connectivity index (χ3v) is 2.91. The molecule has 1 aromatic heterocycles. The number of hydrogen-bond donors (Lipinski definition) is 1. The summed E-state index contributed by atoms with van der Waals surface area (Å²) < 4.78 is 0. The van der Waals surface area contributed by atoms with Crippen molar-refractivity contribution < 1.29 is 5.11 Å². The normalized spacial score (nSPS) is 10.9. The summed E-state index contributed by atoms with van der Waals surface area (Å²) in [5.41, 5.74) is 3.38. The van der Waals surface area contributed by atoms with Gasteiger partial charge in [0.2, 0.25) is 0 Å². The Hall–Kier alpha value is -2.29. The molecule has 1 N–H and O–H groups in total. The average molecular weight is 223 g/mol. The Morgan fingerprint density at radius 2 is 1.82 bits per heavy atom. The van der Waals surface area contributed by atoms with Crippen molar-refractivity contribution in [3.8, 4) is 17.1 Å². The van der Waals surface area contributed by atoms with Gasteiger partial charge in [0.05, 0.1) is 11.0 Å². The van der Waals surface area contributed by atoms with Gasteiger partial charge in [0, 0.05) is 11.1 Å². The van der Waals surface area contributed by atoms with E-state index < -0.39 is 0 Å². The van der Waals surface area contributed by atoms with Crippen LogP contribution < -0.4 is 0 Å². The number of aromatic nitrogens is 2. The number of imidazole rings is 1. The van der Waals surface area contributed by atoms with Crippen molar-refractivity contribution in [3.05, 3.63) is 48.0 Å². The third-order valence-electron chi connectivity index (χ3n) is 2.91. The predicted molar refractivity (Wildman–Crippen MR) is 66.4 cm³/mol. The van der Waals surface area contributed by atoms with Gasteiger partial charge in [-0.2, -0.15) is 0 Å². The van der Waals surface area contributed by atoms with Gasteiger partial charge in [-0.05, 0) is 19.1 Å². The molecule has 0 aliphatic rings. The number of nitrogens with zero attached hydrogens (tertiary/aromatic N) is 1. The maximum Gasteiger partial charge on any atom is 0.183 e. The Bertz CT molecular complexity index is 671. The second-order valence-electron chi connectivity index (χ2n) is 4.04. The van der Waals surface area contributed by atoms with E-state index in [-0.39, 0.29) is 5.75 Å². The molecule has 0 atom stereocenters. The van der Waals surface area contributed by atoms with E-state index in [1.807, 2.05) is 30.3 Å². The summed E-state index contributed by atoms with van der Waals surface area (Å²) in [6.07, 6.45) is 0. The molecule has 0 spiro atoms. The predicted octanol–water partition coefficient (Wildman–Crippen LogP) is 3.68. The van der Waals surface area contributed by atoms with Gasteiger partial charge >= 0.3 is 0 Å². The fourth-order valence-corrected chi connectivity index (χ4v) is 1.93. The van der Waals surface area contributed by atoms with Crippen LogP contribution in [0.2, 0.25) is 0 Å². The summed E-state index contributed by atoms with van der Waals surface area (Å²) in [5.74, 6) is 0.831. The Kier molecular flexibility index (Phi) is 2.11. The van der Waals surface area contributed by atoms with Gasteiger partial charge in [-0.25, -0.2) is 4.98 Å². The van der Waals surface area contributed by atoms with Crippen LogP contribution in [0.3, 0.4) is 0 Å². The molecule has 0 saturated carbocycles. The highest BCUT2D eigenvalue weighted by Gasteiger charge is 2.09. The van der Waals surface area contributed by atoms with E-state index in [4.69, 9.17) is 0 Å². The quantitative estimate of drug-likeness (QED) is 0.672. The topological polar surface area (TPSA) is 48.6 Å². The summed E-state index contributed by atoms with van der Waals surface area (Å²) in [4.78, 5) is 7.72. The second kappa shape index (κ2) is 3.63. The van der Waals surface area contributed by atoms with Gasteiger partial charge in [-0.15, -0.1) is 0 Å². The molecule has 0 aliphatic carbocycles. The van der Waals surface area contributed by atoms with Crippen LogP contribution in [-0.4, -0.2) is 9.97 Å². The van der Waals surface area contributed by atoms with E-state index in [0.29, 0.717) is 5.56 Å². The van der Waals surface area contributed by atoms with Crippen LogP contribution >= 0.6 is 0 Å². The SMILES string of the molecule is Cc1c([O])ccc2[nH]c(-c3ccccc3)nc12. The van der Waals surface area contributed by atoms with Gasteiger partial charge in [0.1, 0.15) is 5.82 Å². The van der Waals surface area contributed by atoms with Crippen LogP contribution in [0.25, 0.3) is 22.4 Å². The molecule has 0 bridgehead atoms. The van der Waals surface area contributed by atoms with Gasteiger partial charge in [-0.1, -0.05) is 30.3 Å². The lowest BCUT2D eigenvalue weighted by Gasteiger charge is -1.94. The van der Waals surface area contributed by atoms with Crippen LogP contribution in [0, 0.1) is 6.92 Å². The van der Waals surface area contributed by atoms with E-state index in [0.717, 1.165) is 22.4 Å². The summed E-state index contributed by atoms with van der Waals surface area (Å²) in [5, 5.41) is 11.5. The highest BCUT2D eigenvalue weighted by atomic mass is 16.3. The molecule has 0 saturated heterocycles. The molecule has 3 aromatic rings. The monoisotopic (exact) mass is 223 g/mol. The molecule has 1 heterocycles. The molecule has 0 fully saturated rings. The largest absolute Gasteiger partial charge is 0.338 e. The number of aromatic amines is 1. The minimum atomic E-state index is 0.0311. The zero-order valence-corrected chi connectivity index (χ0v) is 9.40. The summed E-state index contributed by atoms with van der Waals surface area (Å²) in [7, 11) is 0. The van der Waals surface area contributed by atoms with Crippen LogP contribution in [0.4, 0.5) is 0 Å². The van der Waals surface area contributed by atoms with E-state index in [1.165, 1.54) is 0 Å². The molecule has 2 aromatic carbocycles. The molecular weight excluding hydrogens is 212 g/mol. The number of nitrogens with one attached hydrogen (secondary N) is 1. The Morgan fingerprint density at radius 1 is 1.06 bits per heavy atom. The van der Waals surface area contributed by atoms with Crippen molar-refractivity contribution in [1.82, 2.24) is 9.97 Å². The van der Waals surface area contributed by atoms with E-state index in [9.17, 15) is 5.11 Å². The highest BCUT2D eigenvalue weighted by Crippen LogP contribution is 2.27. The average Bonchev–Trinajstić information content (AvgIpc) is 2.80. The fraction of sp³-hybridized carbons (Fsp3) is 0.0714. The van der Waals surface area contributed by atoms with Gasteiger partial charge in [-0.3, -0.25) is 5.11 Å².